The third-order valence-corrected chi connectivity index (χ3v) is 3.30. The van der Waals surface area contributed by atoms with Crippen molar-refractivity contribution in [2.75, 3.05) is 0 Å². The van der Waals surface area contributed by atoms with E-state index in [1.54, 1.807) is 11.3 Å². The van der Waals surface area contributed by atoms with Crippen LogP contribution in [0.1, 0.15) is 28.0 Å². The fourth-order valence-electron chi connectivity index (χ4n) is 1.36. The third-order valence-electron chi connectivity index (χ3n) is 2.34. The molecule has 2 heterocycles. The number of nitrogens with two attached hydrogens (primary N) is 1. The quantitative estimate of drug-likeness (QED) is 0.822. The molecule has 14 heavy (non-hydrogen) atoms. The molecule has 1 atom stereocenters. The Kier molecular flexibility index (Phi) is 2.44. The summed E-state index contributed by atoms with van der Waals surface area (Å²) >= 11 is 1.66. The van der Waals surface area contributed by atoms with Crippen molar-refractivity contribution in [1.82, 2.24) is 0 Å². The maximum atomic E-state index is 6.06. The van der Waals surface area contributed by atoms with Crippen molar-refractivity contribution in [3.8, 4) is 0 Å². The maximum Gasteiger partial charge on any atom is 0.126 e. The van der Waals surface area contributed by atoms with Crippen molar-refractivity contribution in [2.24, 2.45) is 5.73 Å². The van der Waals surface area contributed by atoms with Gasteiger partial charge in [0.2, 0.25) is 0 Å². The lowest BCUT2D eigenvalue weighted by atomic mass is 10.2. The summed E-state index contributed by atoms with van der Waals surface area (Å²) in [4.78, 5) is 1.14. The van der Waals surface area contributed by atoms with Gasteiger partial charge < -0.3 is 10.2 Å². The normalized spacial score (nSPS) is 13.1. The van der Waals surface area contributed by atoms with E-state index in [9.17, 15) is 0 Å². The first-order valence-electron chi connectivity index (χ1n) is 4.54. The Bertz CT molecular complexity index is 397. The van der Waals surface area contributed by atoms with Gasteiger partial charge >= 0.3 is 0 Å². The predicted octanol–water partition coefficient (Wildman–Crippen LogP) is 3.01. The highest BCUT2D eigenvalue weighted by molar-refractivity contribution is 7.10. The Morgan fingerprint density at radius 1 is 1.43 bits per heavy atom. The predicted molar refractivity (Wildman–Crippen MR) is 58.5 cm³/mol. The molecule has 2 aromatic heterocycles. The molecular formula is C11H13NOS. The monoisotopic (exact) mass is 207 g/mol. The van der Waals surface area contributed by atoms with E-state index in [-0.39, 0.29) is 6.04 Å². The molecule has 2 rings (SSSR count). The van der Waals surface area contributed by atoms with Gasteiger partial charge in [-0.2, -0.15) is 0 Å². The largest absolute Gasteiger partial charge is 0.464 e. The van der Waals surface area contributed by atoms with Gasteiger partial charge in [-0.15, -0.1) is 11.3 Å². The van der Waals surface area contributed by atoms with Crippen molar-refractivity contribution in [3.05, 3.63) is 45.5 Å². The van der Waals surface area contributed by atoms with Gasteiger partial charge in [-0.3, -0.25) is 0 Å². The van der Waals surface area contributed by atoms with Crippen LogP contribution < -0.4 is 5.73 Å². The summed E-state index contributed by atoms with van der Waals surface area (Å²) < 4.78 is 5.58. The Morgan fingerprint density at radius 3 is 2.71 bits per heavy atom. The molecule has 0 aliphatic heterocycles. The van der Waals surface area contributed by atoms with Crippen LogP contribution in [0.5, 0.6) is 0 Å². The topological polar surface area (TPSA) is 39.2 Å². The highest BCUT2D eigenvalue weighted by Gasteiger charge is 2.14. The van der Waals surface area contributed by atoms with E-state index in [4.69, 9.17) is 10.2 Å². The molecule has 0 aliphatic rings. The van der Waals surface area contributed by atoms with Gasteiger partial charge in [0.15, 0.2) is 0 Å². The molecule has 2 nitrogen and oxygen atoms in total. The Morgan fingerprint density at radius 2 is 2.21 bits per heavy atom. The van der Waals surface area contributed by atoms with E-state index in [1.165, 1.54) is 0 Å². The molecule has 0 amide bonds. The van der Waals surface area contributed by atoms with Crippen molar-refractivity contribution < 1.29 is 4.42 Å². The summed E-state index contributed by atoms with van der Waals surface area (Å²) in [5, 5.41) is 2.03. The summed E-state index contributed by atoms with van der Waals surface area (Å²) in [7, 11) is 0. The van der Waals surface area contributed by atoms with Crippen LogP contribution in [0.4, 0.5) is 0 Å². The van der Waals surface area contributed by atoms with E-state index >= 15 is 0 Å². The summed E-state index contributed by atoms with van der Waals surface area (Å²) in [5.41, 5.74) is 7.22. The zero-order chi connectivity index (χ0) is 10.1. The van der Waals surface area contributed by atoms with Crippen molar-refractivity contribution in [3.63, 3.8) is 0 Å². The number of aryl methyl sites for hydroxylation is 2. The first-order valence-corrected chi connectivity index (χ1v) is 5.42. The van der Waals surface area contributed by atoms with Crippen LogP contribution in [0.3, 0.4) is 0 Å². The summed E-state index contributed by atoms with van der Waals surface area (Å²) in [6, 6.07) is 5.92. The average molecular weight is 207 g/mol. The number of hydrogen-bond acceptors (Lipinski definition) is 3. The molecular weight excluding hydrogens is 194 g/mol. The smallest absolute Gasteiger partial charge is 0.126 e. The van der Waals surface area contributed by atoms with Gasteiger partial charge in [-0.1, -0.05) is 6.07 Å². The standard InChI is InChI=1S/C11H13NOS/c1-7-6-9(13-8(7)2)11(12)10-4-3-5-14-10/h3-6,11H,12H2,1-2H3/t11-/m0/s1. The fourth-order valence-corrected chi connectivity index (χ4v) is 2.10. The van der Waals surface area contributed by atoms with Crippen LogP contribution in [-0.4, -0.2) is 0 Å². The van der Waals surface area contributed by atoms with E-state index in [0.29, 0.717) is 0 Å². The lowest BCUT2D eigenvalue weighted by Crippen LogP contribution is -2.08. The molecule has 0 saturated heterocycles. The molecule has 0 unspecified atom stereocenters. The molecule has 74 valence electrons. The van der Waals surface area contributed by atoms with Crippen molar-refractivity contribution in [1.29, 1.82) is 0 Å². The summed E-state index contributed by atoms with van der Waals surface area (Å²) in [5.74, 6) is 1.80. The maximum absolute atomic E-state index is 6.06. The minimum absolute atomic E-state index is 0.123. The molecule has 0 saturated carbocycles. The molecule has 2 N–H and O–H groups in total. The SMILES string of the molecule is Cc1cc([C@H](N)c2cccs2)oc1C. The number of hydrogen-bond donors (Lipinski definition) is 1. The molecule has 0 fully saturated rings. The lowest BCUT2D eigenvalue weighted by molar-refractivity contribution is 0.466. The lowest BCUT2D eigenvalue weighted by Gasteiger charge is -2.04. The Labute approximate surface area is 87.4 Å². The molecule has 0 aromatic carbocycles. The van der Waals surface area contributed by atoms with Gasteiger partial charge in [0.1, 0.15) is 11.5 Å². The number of thiophene rings is 1. The van der Waals surface area contributed by atoms with E-state index in [1.807, 2.05) is 37.4 Å². The molecule has 0 radical (unpaired) electrons. The highest BCUT2D eigenvalue weighted by atomic mass is 32.1. The Hall–Kier alpha value is -1.06. The molecule has 0 aliphatic carbocycles. The van der Waals surface area contributed by atoms with Gasteiger partial charge in [0.25, 0.3) is 0 Å². The number of rotatable bonds is 2. The molecule has 3 heteroatoms. The zero-order valence-electron chi connectivity index (χ0n) is 8.28. The van der Waals surface area contributed by atoms with Gasteiger partial charge in [-0.05, 0) is 36.9 Å². The van der Waals surface area contributed by atoms with Crippen LogP contribution in [0, 0.1) is 13.8 Å². The highest BCUT2D eigenvalue weighted by Crippen LogP contribution is 2.26. The molecule has 2 aromatic rings. The minimum atomic E-state index is -0.123. The van der Waals surface area contributed by atoms with E-state index in [0.717, 1.165) is 22.0 Å². The fraction of sp³-hybridized carbons (Fsp3) is 0.273. The second-order valence-electron chi connectivity index (χ2n) is 3.38. The minimum Gasteiger partial charge on any atom is -0.464 e. The van der Waals surface area contributed by atoms with Gasteiger partial charge in [-0.25, -0.2) is 0 Å². The average Bonchev–Trinajstić information content (AvgIpc) is 2.76. The van der Waals surface area contributed by atoms with Crippen LogP contribution in [-0.2, 0) is 0 Å². The third kappa shape index (κ3) is 1.61. The number of furan rings is 1. The van der Waals surface area contributed by atoms with Crippen LogP contribution in [0.25, 0.3) is 0 Å². The van der Waals surface area contributed by atoms with Crippen LogP contribution in [0.15, 0.2) is 28.0 Å². The van der Waals surface area contributed by atoms with Crippen molar-refractivity contribution >= 4 is 11.3 Å². The van der Waals surface area contributed by atoms with Gasteiger partial charge in [0, 0.05) is 4.88 Å². The first kappa shape index (κ1) is 9.49. The van der Waals surface area contributed by atoms with Crippen LogP contribution >= 0.6 is 11.3 Å². The summed E-state index contributed by atoms with van der Waals surface area (Å²) in [6.45, 7) is 3.99. The second kappa shape index (κ2) is 3.59. The van der Waals surface area contributed by atoms with E-state index < -0.39 is 0 Å². The summed E-state index contributed by atoms with van der Waals surface area (Å²) in [6.07, 6.45) is 0. The van der Waals surface area contributed by atoms with Crippen molar-refractivity contribution in [2.45, 2.75) is 19.9 Å². The van der Waals surface area contributed by atoms with Crippen LogP contribution in [0.2, 0.25) is 0 Å². The second-order valence-corrected chi connectivity index (χ2v) is 4.36. The molecule has 0 bridgehead atoms. The Balaban J connectivity index is 2.32. The van der Waals surface area contributed by atoms with E-state index in [2.05, 4.69) is 0 Å². The first-order chi connectivity index (χ1) is 6.68. The zero-order valence-corrected chi connectivity index (χ0v) is 9.10. The molecule has 0 spiro atoms. The van der Waals surface area contributed by atoms with Gasteiger partial charge in [0.05, 0.1) is 6.04 Å².